The molecule has 2 aliphatic heterocycles. The third-order valence-electron chi connectivity index (χ3n) is 8.30. The fourth-order valence-electron chi connectivity index (χ4n) is 6.79. The van der Waals surface area contributed by atoms with Crippen molar-refractivity contribution in [2.75, 3.05) is 4.90 Å². The van der Waals surface area contributed by atoms with Gasteiger partial charge >= 0.3 is 0 Å². The van der Waals surface area contributed by atoms with E-state index in [-0.39, 0.29) is 17.3 Å². The van der Waals surface area contributed by atoms with Crippen LogP contribution < -0.4 is 4.90 Å². The van der Waals surface area contributed by atoms with Gasteiger partial charge in [-0.25, -0.2) is 4.39 Å². The molecule has 4 aromatic carbocycles. The first-order chi connectivity index (χ1) is 18.9. The molecule has 0 bridgehead atoms. The molecule has 2 heterocycles. The second kappa shape index (κ2) is 8.58. The Balaban J connectivity index is 1.56. The molecule has 1 unspecified atom stereocenters. The Morgan fingerprint density at radius 2 is 1.51 bits per heavy atom. The number of carbonyl (C=O) groups excluding carboxylic acids is 3. The molecule has 1 spiro atoms. The number of fused-ring (bicyclic) bond motifs is 5. The van der Waals surface area contributed by atoms with Crippen molar-refractivity contribution in [1.82, 2.24) is 0 Å². The normalized spacial score (nSPS) is 22.1. The molecular weight excluding hydrogens is 513 g/mol. The molecule has 0 N–H and O–H groups in total. The van der Waals surface area contributed by atoms with Crippen LogP contribution in [0.15, 0.2) is 103 Å². The van der Waals surface area contributed by atoms with Crippen LogP contribution in [0.5, 0.6) is 0 Å². The van der Waals surface area contributed by atoms with Gasteiger partial charge in [0.1, 0.15) is 17.3 Å². The van der Waals surface area contributed by atoms with Crippen molar-refractivity contribution >= 4 is 40.7 Å². The van der Waals surface area contributed by atoms with E-state index in [1.165, 1.54) is 12.1 Å². The van der Waals surface area contributed by atoms with E-state index in [1.54, 1.807) is 84.9 Å². The molecule has 7 rings (SSSR count). The van der Waals surface area contributed by atoms with Crippen LogP contribution in [0, 0.1) is 11.2 Å². The van der Waals surface area contributed by atoms with Crippen LogP contribution in [-0.4, -0.2) is 29.4 Å². The number of halogens is 2. The number of rotatable bonds is 3. The van der Waals surface area contributed by atoms with E-state index >= 15 is 0 Å². The minimum atomic E-state index is -1.62. The predicted octanol–water partition coefficient (Wildman–Crippen LogP) is 6.80. The lowest BCUT2D eigenvalue weighted by Crippen LogP contribution is -2.48. The molecule has 190 valence electrons. The fourth-order valence-corrected chi connectivity index (χ4v) is 6.99. The molecule has 0 aromatic heterocycles. The summed E-state index contributed by atoms with van der Waals surface area (Å²) in [4.78, 5) is 45.4. The first kappa shape index (κ1) is 23.7. The molecule has 0 amide bonds. The summed E-state index contributed by atoms with van der Waals surface area (Å²) in [6.07, 6.45) is 3.52. The number of ketones is 3. The molecular formula is C33H21ClFNO3. The van der Waals surface area contributed by atoms with Crippen LogP contribution in [-0.2, 0) is 0 Å². The minimum Gasteiger partial charge on any atom is -0.352 e. The SMILES string of the molecule is O=C(c1ccccc1)[C@H]1[C@H](c2cccc(Cl)c2)C2(C(=O)c3ccccc3C2=O)C2C=Cc3cc(F)ccc3N21. The molecule has 0 saturated carbocycles. The second-order valence-corrected chi connectivity index (χ2v) is 10.6. The van der Waals surface area contributed by atoms with E-state index in [9.17, 15) is 18.8 Å². The van der Waals surface area contributed by atoms with Gasteiger partial charge < -0.3 is 4.90 Å². The van der Waals surface area contributed by atoms with E-state index in [0.29, 0.717) is 38.5 Å². The molecule has 4 nitrogen and oxygen atoms in total. The van der Waals surface area contributed by atoms with Crippen molar-refractivity contribution in [2.45, 2.75) is 18.0 Å². The first-order valence-electron chi connectivity index (χ1n) is 12.7. The highest BCUT2D eigenvalue weighted by molar-refractivity contribution is 6.32. The van der Waals surface area contributed by atoms with Gasteiger partial charge in [-0.1, -0.05) is 90.5 Å². The summed E-state index contributed by atoms with van der Waals surface area (Å²) in [6, 6.07) is 25.4. The zero-order valence-corrected chi connectivity index (χ0v) is 21.3. The highest BCUT2D eigenvalue weighted by atomic mass is 35.5. The molecule has 3 atom stereocenters. The summed E-state index contributed by atoms with van der Waals surface area (Å²) in [6.45, 7) is 0. The van der Waals surface area contributed by atoms with Gasteiger partial charge in [-0.15, -0.1) is 0 Å². The maximum atomic E-state index is 14.5. The third-order valence-corrected chi connectivity index (χ3v) is 8.54. The largest absolute Gasteiger partial charge is 0.352 e. The van der Waals surface area contributed by atoms with Crippen molar-refractivity contribution in [3.63, 3.8) is 0 Å². The van der Waals surface area contributed by atoms with Gasteiger partial charge in [0.25, 0.3) is 0 Å². The maximum Gasteiger partial charge on any atom is 0.185 e. The van der Waals surface area contributed by atoms with E-state index in [2.05, 4.69) is 0 Å². The van der Waals surface area contributed by atoms with E-state index in [1.807, 2.05) is 17.0 Å². The monoisotopic (exact) mass is 533 g/mol. The van der Waals surface area contributed by atoms with Crippen molar-refractivity contribution in [2.24, 2.45) is 5.41 Å². The summed E-state index contributed by atoms with van der Waals surface area (Å²) in [5.41, 5.74) is 1.33. The number of carbonyl (C=O) groups is 3. The third kappa shape index (κ3) is 3.20. The lowest BCUT2D eigenvalue weighted by Gasteiger charge is -2.37. The quantitative estimate of drug-likeness (QED) is 0.215. The molecule has 1 fully saturated rings. The second-order valence-electron chi connectivity index (χ2n) is 10.2. The maximum absolute atomic E-state index is 14.5. The zero-order valence-electron chi connectivity index (χ0n) is 20.6. The number of hydrogen-bond donors (Lipinski definition) is 0. The summed E-state index contributed by atoms with van der Waals surface area (Å²) in [5.74, 6) is -2.14. The summed E-state index contributed by atoms with van der Waals surface area (Å²) in [7, 11) is 0. The highest BCUT2D eigenvalue weighted by Crippen LogP contribution is 2.61. The van der Waals surface area contributed by atoms with E-state index in [0.717, 1.165) is 0 Å². The van der Waals surface area contributed by atoms with Gasteiger partial charge in [0.05, 0.1) is 6.04 Å². The number of hydrogen-bond acceptors (Lipinski definition) is 4. The summed E-state index contributed by atoms with van der Waals surface area (Å²) in [5, 5.41) is 0.437. The average Bonchev–Trinajstić information content (AvgIpc) is 3.39. The van der Waals surface area contributed by atoms with Crippen molar-refractivity contribution < 1.29 is 18.8 Å². The number of Topliss-reactive ketones (excluding diaryl/α,β-unsaturated/α-hetero) is 3. The molecule has 39 heavy (non-hydrogen) atoms. The highest BCUT2D eigenvalue weighted by Gasteiger charge is 2.71. The number of benzene rings is 4. The van der Waals surface area contributed by atoms with Gasteiger partial charge in [0.15, 0.2) is 17.3 Å². The lowest BCUT2D eigenvalue weighted by molar-refractivity contribution is 0.0666. The minimum absolute atomic E-state index is 0.232. The van der Waals surface area contributed by atoms with Crippen molar-refractivity contribution in [1.29, 1.82) is 0 Å². The molecule has 1 saturated heterocycles. The summed E-state index contributed by atoms with van der Waals surface area (Å²) < 4.78 is 14.3. The van der Waals surface area contributed by atoms with Gasteiger partial charge in [-0.3, -0.25) is 14.4 Å². The topological polar surface area (TPSA) is 54.5 Å². The molecule has 3 aliphatic rings. The van der Waals surface area contributed by atoms with Crippen molar-refractivity contribution in [3.8, 4) is 0 Å². The first-order valence-corrected chi connectivity index (χ1v) is 13.1. The summed E-state index contributed by atoms with van der Waals surface area (Å²) >= 11 is 6.45. The average molecular weight is 534 g/mol. The van der Waals surface area contributed by atoms with Crippen LogP contribution >= 0.6 is 11.6 Å². The Hall–Kier alpha value is -4.35. The molecule has 4 aromatic rings. The van der Waals surface area contributed by atoms with Crippen molar-refractivity contribution in [3.05, 3.63) is 142 Å². The van der Waals surface area contributed by atoms with Crippen LogP contribution in [0.3, 0.4) is 0 Å². The molecule has 6 heteroatoms. The van der Waals surface area contributed by atoms with Gasteiger partial charge in [-0.2, -0.15) is 0 Å². The number of anilines is 1. The Bertz CT molecular complexity index is 1700. The Kier molecular flexibility index (Phi) is 5.23. The lowest BCUT2D eigenvalue weighted by atomic mass is 9.64. The van der Waals surface area contributed by atoms with Gasteiger partial charge in [0.2, 0.25) is 0 Å². The van der Waals surface area contributed by atoms with Crippen LogP contribution in [0.1, 0.15) is 48.1 Å². The van der Waals surface area contributed by atoms with Crippen LogP contribution in [0.25, 0.3) is 6.08 Å². The van der Waals surface area contributed by atoms with Gasteiger partial charge in [-0.05, 0) is 35.9 Å². The van der Waals surface area contributed by atoms with E-state index in [4.69, 9.17) is 11.6 Å². The van der Waals surface area contributed by atoms with Gasteiger partial charge in [0, 0.05) is 38.9 Å². The Labute approximate surface area is 229 Å². The molecule has 1 aliphatic carbocycles. The molecule has 0 radical (unpaired) electrons. The smallest absolute Gasteiger partial charge is 0.185 e. The Morgan fingerprint density at radius 3 is 2.21 bits per heavy atom. The van der Waals surface area contributed by atoms with Crippen LogP contribution in [0.4, 0.5) is 10.1 Å². The number of nitrogens with zero attached hydrogens (tertiary/aromatic N) is 1. The Morgan fingerprint density at radius 1 is 0.821 bits per heavy atom. The standard InChI is InChI=1S/C33H21ClFNO3/c34-22-10-6-9-21(17-22)28-29(30(37)19-7-2-1-3-8-19)36-26-15-14-23(35)18-20(26)13-16-27(36)33(28)31(38)24-11-4-5-12-25(24)32(33)39/h1-18,27-29H/t27?,28-,29+/m0/s1. The van der Waals surface area contributed by atoms with Crippen LogP contribution in [0.2, 0.25) is 5.02 Å². The zero-order chi connectivity index (χ0) is 26.9. The van der Waals surface area contributed by atoms with E-state index < -0.39 is 29.2 Å². The fraction of sp³-hybridized carbons (Fsp3) is 0.121. The predicted molar refractivity (Wildman–Crippen MR) is 148 cm³/mol.